The van der Waals surface area contributed by atoms with E-state index in [9.17, 15) is 14.4 Å². The number of fused-ring (bicyclic) bond motifs is 2. The maximum Gasteiger partial charge on any atom is 0.329 e. The van der Waals surface area contributed by atoms with Crippen LogP contribution < -0.4 is 16.6 Å². The monoisotopic (exact) mass is 342 g/mol. The van der Waals surface area contributed by atoms with Gasteiger partial charge in [0.1, 0.15) is 6.54 Å². The lowest BCUT2D eigenvalue weighted by Gasteiger charge is -2.32. The van der Waals surface area contributed by atoms with Gasteiger partial charge in [0.05, 0.1) is 10.9 Å². The largest absolute Gasteiger partial charge is 0.350 e. The number of carbonyl (C=O) groups is 1. The van der Waals surface area contributed by atoms with Crippen molar-refractivity contribution in [3.05, 3.63) is 45.1 Å². The van der Waals surface area contributed by atoms with Gasteiger partial charge in [-0.05, 0) is 37.9 Å². The number of aromatic nitrogens is 2. The maximum absolute atomic E-state index is 12.5. The van der Waals surface area contributed by atoms with E-state index in [1.807, 2.05) is 0 Å². The van der Waals surface area contributed by atoms with Gasteiger partial charge in [-0.1, -0.05) is 18.6 Å². The molecular formula is C18H22N4O3. The summed E-state index contributed by atoms with van der Waals surface area (Å²) in [5.74, 6) is -0.277. The molecule has 7 heteroatoms. The Bertz CT molecular complexity index is 916. The Morgan fingerprint density at radius 1 is 1.16 bits per heavy atom. The van der Waals surface area contributed by atoms with Crippen LogP contribution in [0.25, 0.3) is 10.9 Å². The van der Waals surface area contributed by atoms with Crippen molar-refractivity contribution in [3.63, 3.8) is 0 Å². The van der Waals surface area contributed by atoms with Crippen LogP contribution in [0.15, 0.2) is 33.9 Å². The summed E-state index contributed by atoms with van der Waals surface area (Å²) in [6.45, 7) is 1.86. The molecule has 2 saturated heterocycles. The topological polar surface area (TPSA) is 87.2 Å². The highest BCUT2D eigenvalue weighted by molar-refractivity contribution is 5.79. The van der Waals surface area contributed by atoms with Crippen LogP contribution in [0.4, 0.5) is 0 Å². The lowest BCUT2D eigenvalue weighted by Crippen LogP contribution is -2.49. The Labute approximate surface area is 144 Å². The number of rotatable bonds is 3. The van der Waals surface area contributed by atoms with Gasteiger partial charge in [0.2, 0.25) is 5.91 Å². The first-order valence-electron chi connectivity index (χ1n) is 8.89. The zero-order chi connectivity index (χ0) is 17.4. The van der Waals surface area contributed by atoms with Gasteiger partial charge in [0, 0.05) is 18.6 Å². The number of piperidine rings is 1. The van der Waals surface area contributed by atoms with Crippen molar-refractivity contribution < 1.29 is 4.79 Å². The van der Waals surface area contributed by atoms with Gasteiger partial charge in [-0.2, -0.15) is 0 Å². The van der Waals surface area contributed by atoms with Crippen molar-refractivity contribution in [1.82, 2.24) is 19.8 Å². The van der Waals surface area contributed by atoms with Crippen molar-refractivity contribution in [1.29, 1.82) is 0 Å². The molecule has 132 valence electrons. The quantitative estimate of drug-likeness (QED) is 0.847. The molecule has 1 amide bonds. The molecule has 2 aliphatic rings. The number of nitrogens with one attached hydrogen (secondary N) is 2. The third-order valence-electron chi connectivity index (χ3n) is 5.39. The van der Waals surface area contributed by atoms with E-state index in [1.165, 1.54) is 12.8 Å². The molecule has 0 bridgehead atoms. The number of para-hydroxylation sites is 1. The second-order valence-electron chi connectivity index (χ2n) is 6.93. The molecule has 0 radical (unpaired) electrons. The zero-order valence-electron chi connectivity index (χ0n) is 14.0. The number of H-pyrrole nitrogens is 1. The third kappa shape index (κ3) is 3.00. The highest BCUT2D eigenvalue weighted by atomic mass is 16.2. The summed E-state index contributed by atoms with van der Waals surface area (Å²) < 4.78 is 0.977. The van der Waals surface area contributed by atoms with Crippen LogP contribution in [0.3, 0.4) is 0 Å². The fraction of sp³-hybridized carbons (Fsp3) is 0.500. The standard InChI is InChI=1S/C18H22N4O3/c23-16(19-14-8-10-21-9-4-3-7-15(14)21)11-22-17(24)12-5-1-2-6-13(12)20-18(22)25/h1-2,5-6,14-15H,3-4,7-11H2,(H,19,23)(H,20,25)/t14-,15+/m0/s1. The number of aromatic amines is 1. The third-order valence-corrected chi connectivity index (χ3v) is 5.39. The molecule has 4 rings (SSSR count). The van der Waals surface area contributed by atoms with Gasteiger partial charge in [0.15, 0.2) is 0 Å². The highest BCUT2D eigenvalue weighted by Gasteiger charge is 2.36. The SMILES string of the molecule is O=C(Cn1c(=O)[nH]c2ccccc2c1=O)N[C@H]1CCN2CCCC[C@H]12. The van der Waals surface area contributed by atoms with E-state index in [4.69, 9.17) is 0 Å². The van der Waals surface area contributed by atoms with Crippen LogP contribution in [-0.2, 0) is 11.3 Å². The minimum absolute atomic E-state index is 0.114. The van der Waals surface area contributed by atoms with E-state index in [1.54, 1.807) is 24.3 Å². The van der Waals surface area contributed by atoms with Crippen LogP contribution in [0.1, 0.15) is 25.7 Å². The van der Waals surface area contributed by atoms with E-state index in [-0.39, 0.29) is 18.5 Å². The van der Waals surface area contributed by atoms with Crippen molar-refractivity contribution in [2.75, 3.05) is 13.1 Å². The van der Waals surface area contributed by atoms with Gasteiger partial charge in [-0.25, -0.2) is 4.79 Å². The Balaban J connectivity index is 1.52. The van der Waals surface area contributed by atoms with E-state index in [2.05, 4.69) is 15.2 Å². The summed E-state index contributed by atoms with van der Waals surface area (Å²) >= 11 is 0. The number of benzene rings is 1. The summed E-state index contributed by atoms with van der Waals surface area (Å²) in [4.78, 5) is 42.2. The molecule has 2 aliphatic heterocycles. The lowest BCUT2D eigenvalue weighted by atomic mass is 9.99. The first kappa shape index (κ1) is 16.1. The molecule has 0 unspecified atom stereocenters. The van der Waals surface area contributed by atoms with Gasteiger partial charge < -0.3 is 10.3 Å². The van der Waals surface area contributed by atoms with Crippen molar-refractivity contribution in [2.24, 2.45) is 0 Å². The molecule has 0 saturated carbocycles. The van der Waals surface area contributed by atoms with Crippen LogP contribution in [-0.4, -0.2) is 45.5 Å². The van der Waals surface area contributed by atoms with E-state index >= 15 is 0 Å². The van der Waals surface area contributed by atoms with E-state index in [0.29, 0.717) is 16.9 Å². The number of hydrogen-bond donors (Lipinski definition) is 2. The van der Waals surface area contributed by atoms with Crippen LogP contribution in [0.5, 0.6) is 0 Å². The summed E-state index contributed by atoms with van der Waals surface area (Å²) in [5.41, 5.74) is -0.493. The fourth-order valence-electron chi connectivity index (χ4n) is 4.15. The minimum Gasteiger partial charge on any atom is -0.350 e. The van der Waals surface area contributed by atoms with Gasteiger partial charge >= 0.3 is 5.69 Å². The average molecular weight is 342 g/mol. The van der Waals surface area contributed by atoms with E-state index in [0.717, 1.165) is 30.5 Å². The molecular weight excluding hydrogens is 320 g/mol. The summed E-state index contributed by atoms with van der Waals surface area (Å²) in [5, 5.41) is 3.45. The fourth-order valence-corrected chi connectivity index (χ4v) is 4.15. The van der Waals surface area contributed by atoms with Gasteiger partial charge in [0.25, 0.3) is 5.56 Å². The van der Waals surface area contributed by atoms with Crippen molar-refractivity contribution >= 4 is 16.8 Å². The molecule has 0 aliphatic carbocycles. The smallest absolute Gasteiger partial charge is 0.329 e. The Morgan fingerprint density at radius 2 is 2.00 bits per heavy atom. The van der Waals surface area contributed by atoms with Crippen molar-refractivity contribution in [2.45, 2.75) is 44.3 Å². The van der Waals surface area contributed by atoms with E-state index < -0.39 is 11.2 Å². The Morgan fingerprint density at radius 3 is 2.88 bits per heavy atom. The Kier molecular flexibility index (Phi) is 4.17. The lowest BCUT2D eigenvalue weighted by molar-refractivity contribution is -0.122. The van der Waals surface area contributed by atoms with Crippen LogP contribution in [0, 0.1) is 0 Å². The molecule has 2 fully saturated rings. The molecule has 1 aromatic heterocycles. The molecule has 3 heterocycles. The first-order chi connectivity index (χ1) is 12.1. The average Bonchev–Trinajstić information content (AvgIpc) is 3.02. The van der Waals surface area contributed by atoms with Gasteiger partial charge in [-0.3, -0.25) is 19.1 Å². The summed E-state index contributed by atoms with van der Waals surface area (Å²) in [7, 11) is 0. The number of nitrogens with zero attached hydrogens (tertiary/aromatic N) is 2. The molecule has 2 N–H and O–H groups in total. The highest BCUT2D eigenvalue weighted by Crippen LogP contribution is 2.27. The summed E-state index contributed by atoms with van der Waals surface area (Å²) in [6.07, 6.45) is 4.44. The number of hydrogen-bond acceptors (Lipinski definition) is 4. The first-order valence-corrected chi connectivity index (χ1v) is 8.89. The predicted molar refractivity (Wildman–Crippen MR) is 94.6 cm³/mol. The normalized spacial score (nSPS) is 23.5. The minimum atomic E-state index is -0.551. The molecule has 2 aromatic rings. The molecule has 0 spiro atoms. The Hall–Kier alpha value is -2.41. The van der Waals surface area contributed by atoms with Crippen LogP contribution >= 0.6 is 0 Å². The summed E-state index contributed by atoms with van der Waals surface area (Å²) in [6, 6.07) is 7.33. The van der Waals surface area contributed by atoms with Crippen LogP contribution in [0.2, 0.25) is 0 Å². The second kappa shape index (κ2) is 6.48. The molecule has 1 aromatic carbocycles. The molecule has 7 nitrogen and oxygen atoms in total. The number of carbonyl (C=O) groups excluding carboxylic acids is 1. The predicted octanol–water partition coefficient (Wildman–Crippen LogP) is 0.433. The molecule has 25 heavy (non-hydrogen) atoms. The maximum atomic E-state index is 12.5. The zero-order valence-corrected chi connectivity index (χ0v) is 14.0. The second-order valence-corrected chi connectivity index (χ2v) is 6.93. The molecule has 2 atom stereocenters. The van der Waals surface area contributed by atoms with Crippen molar-refractivity contribution in [3.8, 4) is 0 Å². The van der Waals surface area contributed by atoms with Gasteiger partial charge in [-0.15, -0.1) is 0 Å². The number of amides is 1.